The number of rotatable bonds is 2. The van der Waals surface area contributed by atoms with Crippen LogP contribution in [0, 0.1) is 12.3 Å². The molecule has 0 spiro atoms. The third-order valence-electron chi connectivity index (χ3n) is 1.21. The van der Waals surface area contributed by atoms with E-state index in [1.54, 1.807) is 6.92 Å². The van der Waals surface area contributed by atoms with Crippen molar-refractivity contribution in [1.29, 1.82) is 0 Å². The minimum absolute atomic E-state index is 0.0728. The molecule has 1 unspecified atom stereocenters. The molecule has 1 aromatic rings. The molecule has 0 fully saturated rings. The predicted octanol–water partition coefficient (Wildman–Crippen LogP) is 2.18. The summed E-state index contributed by atoms with van der Waals surface area (Å²) in [5.74, 6) is 2.58. The van der Waals surface area contributed by atoms with Crippen LogP contribution in [-0.4, -0.2) is 16.1 Å². The molecule has 0 aromatic carbocycles. The highest BCUT2D eigenvalue weighted by Crippen LogP contribution is 2.22. The Morgan fingerprint density at radius 2 is 2.31 bits per heavy atom. The van der Waals surface area contributed by atoms with Crippen LogP contribution in [-0.2, 0) is 0 Å². The average molecular weight is 217 g/mol. The topological polar surface area (TPSA) is 35.0 Å². The van der Waals surface area contributed by atoms with Gasteiger partial charge in [-0.2, -0.15) is 4.98 Å². The van der Waals surface area contributed by atoms with E-state index < -0.39 is 6.10 Å². The van der Waals surface area contributed by atoms with Crippen LogP contribution in [0.4, 0.5) is 0 Å². The SMILES string of the molecule is C#CC(C)Oc1nc(Cl)ncc1Cl. The summed E-state index contributed by atoms with van der Waals surface area (Å²) in [4.78, 5) is 7.43. The normalized spacial score (nSPS) is 11.8. The van der Waals surface area contributed by atoms with E-state index in [1.165, 1.54) is 6.20 Å². The Labute approximate surface area is 86.0 Å². The van der Waals surface area contributed by atoms with Crippen molar-refractivity contribution in [3.05, 3.63) is 16.5 Å². The van der Waals surface area contributed by atoms with Gasteiger partial charge in [0.1, 0.15) is 5.02 Å². The Kier molecular flexibility index (Phi) is 3.35. The molecule has 1 atom stereocenters. The molecule has 0 aliphatic carbocycles. The number of ether oxygens (including phenoxy) is 1. The molecular formula is C8H6Cl2N2O. The third-order valence-corrected chi connectivity index (χ3v) is 1.65. The lowest BCUT2D eigenvalue weighted by Gasteiger charge is -2.08. The number of aromatic nitrogens is 2. The molecule has 3 nitrogen and oxygen atoms in total. The molecule has 1 heterocycles. The van der Waals surface area contributed by atoms with Crippen LogP contribution in [0.25, 0.3) is 0 Å². The average Bonchev–Trinajstić information content (AvgIpc) is 2.11. The number of hydrogen-bond acceptors (Lipinski definition) is 3. The van der Waals surface area contributed by atoms with Gasteiger partial charge >= 0.3 is 0 Å². The first-order chi connectivity index (χ1) is 6.13. The van der Waals surface area contributed by atoms with Crippen molar-refractivity contribution < 1.29 is 4.74 Å². The first-order valence-corrected chi connectivity index (χ1v) is 4.20. The molecule has 0 aliphatic rings. The van der Waals surface area contributed by atoms with E-state index in [0.29, 0.717) is 0 Å². The van der Waals surface area contributed by atoms with Gasteiger partial charge in [-0.3, -0.25) is 0 Å². The maximum absolute atomic E-state index is 5.72. The number of nitrogens with zero attached hydrogens (tertiary/aromatic N) is 2. The largest absolute Gasteiger partial charge is 0.460 e. The smallest absolute Gasteiger partial charge is 0.238 e. The lowest BCUT2D eigenvalue weighted by Crippen LogP contribution is -2.09. The van der Waals surface area contributed by atoms with Crippen LogP contribution in [0.2, 0.25) is 10.3 Å². The fourth-order valence-electron chi connectivity index (χ4n) is 0.615. The summed E-state index contributed by atoms with van der Waals surface area (Å²) in [6, 6.07) is 0. The van der Waals surface area contributed by atoms with Crippen LogP contribution in [0.5, 0.6) is 5.88 Å². The van der Waals surface area contributed by atoms with Gasteiger partial charge in [0.2, 0.25) is 11.2 Å². The lowest BCUT2D eigenvalue weighted by atomic mass is 10.4. The van der Waals surface area contributed by atoms with Crippen molar-refractivity contribution in [3.63, 3.8) is 0 Å². The zero-order chi connectivity index (χ0) is 9.84. The molecule has 0 saturated heterocycles. The van der Waals surface area contributed by atoms with E-state index in [0.717, 1.165) is 0 Å². The van der Waals surface area contributed by atoms with Gasteiger partial charge in [0, 0.05) is 0 Å². The van der Waals surface area contributed by atoms with Crippen molar-refractivity contribution in [2.45, 2.75) is 13.0 Å². The second kappa shape index (κ2) is 4.31. The Bertz CT molecular complexity index is 348. The maximum Gasteiger partial charge on any atom is 0.238 e. The Morgan fingerprint density at radius 3 is 2.92 bits per heavy atom. The monoisotopic (exact) mass is 216 g/mol. The molecule has 5 heteroatoms. The van der Waals surface area contributed by atoms with Gasteiger partial charge in [0.05, 0.1) is 6.20 Å². The van der Waals surface area contributed by atoms with Crippen LogP contribution in [0.1, 0.15) is 6.92 Å². The van der Waals surface area contributed by atoms with Crippen molar-refractivity contribution in [3.8, 4) is 18.2 Å². The molecule has 13 heavy (non-hydrogen) atoms. The first-order valence-electron chi connectivity index (χ1n) is 3.44. The Hall–Kier alpha value is -0.980. The van der Waals surface area contributed by atoms with Gasteiger partial charge in [-0.05, 0) is 18.5 Å². The van der Waals surface area contributed by atoms with Crippen molar-refractivity contribution in [1.82, 2.24) is 9.97 Å². The number of halogens is 2. The molecular weight excluding hydrogens is 211 g/mol. The summed E-state index contributed by atoms with van der Waals surface area (Å²) < 4.78 is 5.17. The standard InChI is InChI=1S/C8H6Cl2N2O/c1-3-5(2)13-7-6(9)4-11-8(10)12-7/h1,4-5H,2H3. The van der Waals surface area contributed by atoms with Gasteiger partial charge in [0.25, 0.3) is 0 Å². The van der Waals surface area contributed by atoms with E-state index in [2.05, 4.69) is 15.9 Å². The maximum atomic E-state index is 5.72. The summed E-state index contributed by atoms with van der Waals surface area (Å²) in [5.41, 5.74) is 0. The molecule has 0 saturated carbocycles. The molecule has 1 aromatic heterocycles. The summed E-state index contributed by atoms with van der Waals surface area (Å²) in [5, 5.41) is 0.357. The van der Waals surface area contributed by atoms with Gasteiger partial charge in [0.15, 0.2) is 6.10 Å². The summed E-state index contributed by atoms with van der Waals surface area (Å²) in [7, 11) is 0. The fraction of sp³-hybridized carbons (Fsp3) is 0.250. The second-order valence-electron chi connectivity index (χ2n) is 2.22. The predicted molar refractivity (Wildman–Crippen MR) is 51.0 cm³/mol. The van der Waals surface area contributed by atoms with Gasteiger partial charge in [-0.15, -0.1) is 6.42 Å². The first kappa shape index (κ1) is 10.1. The molecule has 0 amide bonds. The molecule has 0 N–H and O–H groups in total. The van der Waals surface area contributed by atoms with E-state index in [9.17, 15) is 0 Å². The van der Waals surface area contributed by atoms with Crippen molar-refractivity contribution in [2.75, 3.05) is 0 Å². The highest BCUT2D eigenvalue weighted by atomic mass is 35.5. The quantitative estimate of drug-likeness (QED) is 0.562. The zero-order valence-corrected chi connectivity index (χ0v) is 8.30. The molecule has 0 radical (unpaired) electrons. The van der Waals surface area contributed by atoms with Crippen LogP contribution in [0.3, 0.4) is 0 Å². The molecule has 68 valence electrons. The van der Waals surface area contributed by atoms with Crippen LogP contribution < -0.4 is 4.74 Å². The van der Waals surface area contributed by atoms with Gasteiger partial charge in [-0.1, -0.05) is 17.5 Å². The Balaban J connectivity index is 2.88. The van der Waals surface area contributed by atoms with Gasteiger partial charge in [-0.25, -0.2) is 4.98 Å². The minimum Gasteiger partial charge on any atom is -0.460 e. The van der Waals surface area contributed by atoms with Crippen molar-refractivity contribution >= 4 is 23.2 Å². The second-order valence-corrected chi connectivity index (χ2v) is 2.96. The summed E-state index contributed by atoms with van der Waals surface area (Å²) >= 11 is 11.3. The van der Waals surface area contributed by atoms with Crippen LogP contribution >= 0.6 is 23.2 Å². The highest BCUT2D eigenvalue weighted by Gasteiger charge is 2.07. The molecule has 0 bridgehead atoms. The minimum atomic E-state index is -0.400. The number of hydrogen-bond donors (Lipinski definition) is 0. The number of terminal acetylenes is 1. The Morgan fingerprint density at radius 1 is 1.62 bits per heavy atom. The van der Waals surface area contributed by atoms with E-state index in [-0.39, 0.29) is 16.2 Å². The fourth-order valence-corrected chi connectivity index (χ4v) is 0.876. The summed E-state index contributed by atoms with van der Waals surface area (Å²) in [6.07, 6.45) is 6.07. The van der Waals surface area contributed by atoms with E-state index in [1.807, 2.05) is 0 Å². The molecule has 0 aliphatic heterocycles. The molecule has 1 rings (SSSR count). The lowest BCUT2D eigenvalue weighted by molar-refractivity contribution is 0.267. The summed E-state index contributed by atoms with van der Waals surface area (Å²) in [6.45, 7) is 1.70. The highest BCUT2D eigenvalue weighted by molar-refractivity contribution is 6.32. The third kappa shape index (κ3) is 2.76. The van der Waals surface area contributed by atoms with E-state index >= 15 is 0 Å². The van der Waals surface area contributed by atoms with Gasteiger partial charge < -0.3 is 4.74 Å². The van der Waals surface area contributed by atoms with E-state index in [4.69, 9.17) is 34.4 Å². The zero-order valence-electron chi connectivity index (χ0n) is 6.79. The van der Waals surface area contributed by atoms with Crippen LogP contribution in [0.15, 0.2) is 6.20 Å². The van der Waals surface area contributed by atoms with Crippen molar-refractivity contribution in [2.24, 2.45) is 0 Å².